The number of amides is 1. The molecule has 0 bridgehead atoms. The number of carbonyl (C=O) groups is 1. The van der Waals surface area contributed by atoms with Gasteiger partial charge in [-0.25, -0.2) is 0 Å². The van der Waals surface area contributed by atoms with Crippen LogP contribution in [0.1, 0.15) is 50.5 Å². The number of alkyl halides is 1. The molecule has 1 aliphatic rings. The van der Waals surface area contributed by atoms with Gasteiger partial charge >= 0.3 is 0 Å². The van der Waals surface area contributed by atoms with Crippen molar-refractivity contribution in [1.82, 2.24) is 4.90 Å². The van der Waals surface area contributed by atoms with Crippen molar-refractivity contribution in [1.29, 1.82) is 0 Å². The third-order valence-corrected chi connectivity index (χ3v) is 4.48. The third-order valence-electron chi connectivity index (χ3n) is 4.11. The number of hydrogen-bond acceptors (Lipinski definition) is 1. The van der Waals surface area contributed by atoms with Crippen molar-refractivity contribution in [2.24, 2.45) is 0 Å². The monoisotopic (exact) mass is 293 g/mol. The Balaban J connectivity index is 1.90. The average Bonchev–Trinajstić information content (AvgIpc) is 2.76. The Morgan fingerprint density at radius 2 is 1.75 bits per heavy atom. The average molecular weight is 294 g/mol. The summed E-state index contributed by atoms with van der Waals surface area (Å²) >= 11 is 6.37. The van der Waals surface area contributed by atoms with Crippen LogP contribution in [0.4, 0.5) is 0 Å². The second kappa shape index (κ2) is 7.68. The minimum absolute atomic E-state index is 0.122. The molecule has 1 heterocycles. The summed E-state index contributed by atoms with van der Waals surface area (Å²) in [6, 6.07) is 10.3. The zero-order chi connectivity index (χ0) is 14.4. The van der Waals surface area contributed by atoms with Gasteiger partial charge < -0.3 is 4.90 Å². The lowest BCUT2D eigenvalue weighted by atomic mass is 9.96. The summed E-state index contributed by atoms with van der Waals surface area (Å²) in [5.41, 5.74) is 1.25. The van der Waals surface area contributed by atoms with Crippen molar-refractivity contribution < 1.29 is 4.79 Å². The van der Waals surface area contributed by atoms with Gasteiger partial charge in [0.05, 0.1) is 0 Å². The Bertz CT molecular complexity index is 412. The molecule has 1 fully saturated rings. The van der Waals surface area contributed by atoms with Crippen LogP contribution in [0.3, 0.4) is 0 Å². The standard InChI is InChI=1S/C17H24ClNO/c1-14(15-9-5-4-6-10-15)13-16(18)17(20)19-11-7-2-3-8-12-19/h4-6,9-10,14,16H,2-3,7-8,11-13H2,1H3. The van der Waals surface area contributed by atoms with Crippen LogP contribution in [0.25, 0.3) is 0 Å². The van der Waals surface area contributed by atoms with E-state index in [2.05, 4.69) is 19.1 Å². The molecule has 1 saturated heterocycles. The van der Waals surface area contributed by atoms with E-state index < -0.39 is 5.38 Å². The molecular weight excluding hydrogens is 270 g/mol. The summed E-state index contributed by atoms with van der Waals surface area (Å²) in [6.45, 7) is 3.89. The molecule has 110 valence electrons. The van der Waals surface area contributed by atoms with E-state index in [0.29, 0.717) is 12.3 Å². The second-order valence-electron chi connectivity index (χ2n) is 5.75. The van der Waals surface area contributed by atoms with Crippen LogP contribution in [0.15, 0.2) is 30.3 Å². The van der Waals surface area contributed by atoms with Crippen LogP contribution < -0.4 is 0 Å². The maximum absolute atomic E-state index is 12.4. The largest absolute Gasteiger partial charge is 0.341 e. The number of nitrogens with zero attached hydrogens (tertiary/aromatic N) is 1. The smallest absolute Gasteiger partial charge is 0.240 e. The van der Waals surface area contributed by atoms with E-state index in [4.69, 9.17) is 11.6 Å². The lowest BCUT2D eigenvalue weighted by Gasteiger charge is -2.24. The molecule has 0 saturated carbocycles. The van der Waals surface area contributed by atoms with Gasteiger partial charge in [0.1, 0.15) is 5.38 Å². The molecular formula is C17H24ClNO. The van der Waals surface area contributed by atoms with Gasteiger partial charge in [-0.3, -0.25) is 4.79 Å². The van der Waals surface area contributed by atoms with Crippen molar-refractivity contribution in [2.45, 2.75) is 50.3 Å². The van der Waals surface area contributed by atoms with E-state index in [1.54, 1.807) is 0 Å². The topological polar surface area (TPSA) is 20.3 Å². The molecule has 1 amide bonds. The van der Waals surface area contributed by atoms with Gasteiger partial charge in [-0.05, 0) is 30.7 Å². The summed E-state index contributed by atoms with van der Waals surface area (Å²) in [5.74, 6) is 0.436. The quantitative estimate of drug-likeness (QED) is 0.762. The van der Waals surface area contributed by atoms with Crippen LogP contribution in [0.2, 0.25) is 0 Å². The summed E-state index contributed by atoms with van der Waals surface area (Å²) in [4.78, 5) is 14.4. The molecule has 0 aliphatic carbocycles. The van der Waals surface area contributed by atoms with Crippen LogP contribution in [-0.2, 0) is 4.79 Å². The maximum Gasteiger partial charge on any atom is 0.240 e. The fraction of sp³-hybridized carbons (Fsp3) is 0.588. The molecule has 1 aromatic carbocycles. The van der Waals surface area contributed by atoms with Gasteiger partial charge in [-0.1, -0.05) is 50.1 Å². The molecule has 2 unspecified atom stereocenters. The first kappa shape index (κ1) is 15.4. The van der Waals surface area contributed by atoms with Crippen molar-refractivity contribution in [2.75, 3.05) is 13.1 Å². The van der Waals surface area contributed by atoms with E-state index in [0.717, 1.165) is 25.9 Å². The Morgan fingerprint density at radius 3 is 2.35 bits per heavy atom. The summed E-state index contributed by atoms with van der Waals surface area (Å²) in [5, 5.41) is -0.400. The molecule has 2 rings (SSSR count). The maximum atomic E-state index is 12.4. The second-order valence-corrected chi connectivity index (χ2v) is 6.28. The van der Waals surface area contributed by atoms with Gasteiger partial charge in [-0.15, -0.1) is 11.6 Å². The van der Waals surface area contributed by atoms with Gasteiger partial charge in [-0.2, -0.15) is 0 Å². The van der Waals surface area contributed by atoms with E-state index in [1.165, 1.54) is 18.4 Å². The highest BCUT2D eigenvalue weighted by Gasteiger charge is 2.25. The first-order valence-corrected chi connectivity index (χ1v) is 8.10. The predicted octanol–water partition coefficient (Wildman–Crippen LogP) is 4.19. The molecule has 2 atom stereocenters. The number of halogens is 1. The lowest BCUT2D eigenvalue weighted by molar-refractivity contribution is -0.130. The van der Waals surface area contributed by atoms with Crippen LogP contribution in [0, 0.1) is 0 Å². The minimum Gasteiger partial charge on any atom is -0.341 e. The van der Waals surface area contributed by atoms with E-state index >= 15 is 0 Å². The summed E-state index contributed by atoms with van der Waals surface area (Å²) < 4.78 is 0. The van der Waals surface area contributed by atoms with Gasteiger partial charge in [0, 0.05) is 13.1 Å². The van der Waals surface area contributed by atoms with Crippen molar-refractivity contribution in [3.8, 4) is 0 Å². The first-order chi connectivity index (χ1) is 9.68. The van der Waals surface area contributed by atoms with Crippen molar-refractivity contribution in [3.05, 3.63) is 35.9 Å². The predicted molar refractivity (Wildman–Crippen MR) is 84.2 cm³/mol. The molecule has 0 N–H and O–H groups in total. The Morgan fingerprint density at radius 1 is 1.15 bits per heavy atom. The molecule has 2 nitrogen and oxygen atoms in total. The van der Waals surface area contributed by atoms with E-state index in [9.17, 15) is 4.79 Å². The highest BCUT2D eigenvalue weighted by Crippen LogP contribution is 2.24. The van der Waals surface area contributed by atoms with Crippen molar-refractivity contribution in [3.63, 3.8) is 0 Å². The normalized spacial score (nSPS) is 19.2. The molecule has 1 aliphatic heterocycles. The fourth-order valence-corrected chi connectivity index (χ4v) is 3.22. The molecule has 3 heteroatoms. The lowest BCUT2D eigenvalue weighted by Crippen LogP contribution is -2.38. The Labute approximate surface area is 127 Å². The molecule has 0 aromatic heterocycles. The van der Waals surface area contributed by atoms with E-state index in [1.807, 2.05) is 23.1 Å². The molecule has 0 radical (unpaired) electrons. The number of likely N-dealkylation sites (tertiary alicyclic amines) is 1. The number of hydrogen-bond donors (Lipinski definition) is 0. The van der Waals surface area contributed by atoms with Crippen LogP contribution >= 0.6 is 11.6 Å². The molecule has 1 aromatic rings. The van der Waals surface area contributed by atoms with Crippen LogP contribution in [-0.4, -0.2) is 29.3 Å². The van der Waals surface area contributed by atoms with Crippen molar-refractivity contribution >= 4 is 17.5 Å². The summed E-state index contributed by atoms with van der Waals surface area (Å²) in [7, 11) is 0. The highest BCUT2D eigenvalue weighted by atomic mass is 35.5. The number of rotatable bonds is 4. The number of benzene rings is 1. The first-order valence-electron chi connectivity index (χ1n) is 7.66. The van der Waals surface area contributed by atoms with Crippen LogP contribution in [0.5, 0.6) is 0 Å². The van der Waals surface area contributed by atoms with Gasteiger partial charge in [0.2, 0.25) is 5.91 Å². The van der Waals surface area contributed by atoms with E-state index in [-0.39, 0.29) is 5.91 Å². The minimum atomic E-state index is -0.400. The van der Waals surface area contributed by atoms with Gasteiger partial charge in [0.15, 0.2) is 0 Å². The SMILES string of the molecule is CC(CC(Cl)C(=O)N1CCCCCC1)c1ccccc1. The zero-order valence-corrected chi connectivity index (χ0v) is 13.0. The zero-order valence-electron chi connectivity index (χ0n) is 12.2. The molecule has 0 spiro atoms. The Kier molecular flexibility index (Phi) is 5.90. The third kappa shape index (κ3) is 4.24. The molecule has 20 heavy (non-hydrogen) atoms. The Hall–Kier alpha value is -1.02. The fourth-order valence-electron chi connectivity index (χ4n) is 2.82. The summed E-state index contributed by atoms with van der Waals surface area (Å²) in [6.07, 6.45) is 5.41. The highest BCUT2D eigenvalue weighted by molar-refractivity contribution is 6.30. The van der Waals surface area contributed by atoms with Gasteiger partial charge in [0.25, 0.3) is 0 Å². The number of carbonyl (C=O) groups excluding carboxylic acids is 1.